The molecule has 27 heavy (non-hydrogen) atoms. The minimum Gasteiger partial charge on any atom is -0.396 e. The van der Waals surface area contributed by atoms with E-state index in [0.717, 1.165) is 41.7 Å². The van der Waals surface area contributed by atoms with Gasteiger partial charge in [-0.15, -0.1) is 11.3 Å². The molecule has 0 saturated heterocycles. The number of nitrogens with one attached hydrogen (secondary N) is 2. The Bertz CT molecular complexity index is 706. The van der Waals surface area contributed by atoms with E-state index in [2.05, 4.69) is 41.8 Å². The van der Waals surface area contributed by atoms with Crippen molar-refractivity contribution in [2.45, 2.75) is 45.4 Å². The van der Waals surface area contributed by atoms with Crippen LogP contribution in [0.2, 0.25) is 0 Å². The molecule has 2 rings (SSSR count). The average Bonchev–Trinajstić information content (AvgIpc) is 3.12. The Balaban J connectivity index is 1.90. The highest BCUT2D eigenvalue weighted by molar-refractivity contribution is 7.09. The van der Waals surface area contributed by atoms with Gasteiger partial charge in [0, 0.05) is 36.2 Å². The number of guanidine groups is 1. The van der Waals surface area contributed by atoms with Gasteiger partial charge in [0.2, 0.25) is 0 Å². The fourth-order valence-corrected chi connectivity index (χ4v) is 3.62. The lowest BCUT2D eigenvalue weighted by atomic mass is 9.93. The highest BCUT2D eigenvalue weighted by atomic mass is 32.1. The summed E-state index contributed by atoms with van der Waals surface area (Å²) in [6, 6.07) is 10.0. The van der Waals surface area contributed by atoms with Crippen molar-refractivity contribution < 1.29 is 5.11 Å². The third kappa shape index (κ3) is 6.96. The van der Waals surface area contributed by atoms with Crippen LogP contribution in [0.3, 0.4) is 0 Å². The summed E-state index contributed by atoms with van der Waals surface area (Å²) < 4.78 is 0. The molecule has 6 heteroatoms. The lowest BCUT2D eigenvalue weighted by molar-refractivity contribution is 0.268. The highest BCUT2D eigenvalue weighted by Gasteiger charge is 2.17. The number of hydrogen-bond donors (Lipinski definition) is 3. The molecular formula is C21H32N4OS. The van der Waals surface area contributed by atoms with Gasteiger partial charge in [-0.3, -0.25) is 4.99 Å². The molecule has 0 radical (unpaired) electrons. The van der Waals surface area contributed by atoms with Crippen molar-refractivity contribution in [3.8, 4) is 0 Å². The summed E-state index contributed by atoms with van der Waals surface area (Å²) in [6.07, 6.45) is 0.868. The molecule has 0 aliphatic heterocycles. The zero-order chi connectivity index (χ0) is 19.7. The van der Waals surface area contributed by atoms with E-state index in [0.29, 0.717) is 6.54 Å². The Kier molecular flexibility index (Phi) is 8.25. The van der Waals surface area contributed by atoms with Gasteiger partial charge >= 0.3 is 0 Å². The van der Waals surface area contributed by atoms with Crippen LogP contribution in [0.5, 0.6) is 0 Å². The maximum absolute atomic E-state index is 9.70. The predicted molar refractivity (Wildman–Crippen MR) is 115 cm³/mol. The monoisotopic (exact) mass is 388 g/mol. The van der Waals surface area contributed by atoms with Crippen molar-refractivity contribution in [3.05, 3.63) is 52.0 Å². The molecule has 0 fully saturated rings. The van der Waals surface area contributed by atoms with Gasteiger partial charge in [0.05, 0.1) is 23.9 Å². The summed E-state index contributed by atoms with van der Waals surface area (Å²) in [4.78, 5) is 9.39. The molecule has 1 atom stereocenters. The Morgan fingerprint density at radius 3 is 2.56 bits per heavy atom. The van der Waals surface area contributed by atoms with E-state index in [4.69, 9.17) is 4.98 Å². The molecule has 1 aromatic carbocycles. The fourth-order valence-electron chi connectivity index (χ4n) is 2.60. The molecule has 0 saturated carbocycles. The molecule has 1 heterocycles. The second-order valence-corrected chi connectivity index (χ2v) is 8.51. The van der Waals surface area contributed by atoms with E-state index < -0.39 is 0 Å². The molecule has 2 aromatic rings. The van der Waals surface area contributed by atoms with Crippen molar-refractivity contribution >= 4 is 17.3 Å². The van der Waals surface area contributed by atoms with Gasteiger partial charge < -0.3 is 15.7 Å². The molecule has 0 amide bonds. The number of nitrogens with zero attached hydrogens (tertiary/aromatic N) is 2. The number of aromatic nitrogens is 1. The van der Waals surface area contributed by atoms with Gasteiger partial charge in [-0.2, -0.15) is 0 Å². The Morgan fingerprint density at radius 1 is 1.22 bits per heavy atom. The van der Waals surface area contributed by atoms with Gasteiger partial charge in [-0.25, -0.2) is 4.98 Å². The van der Waals surface area contributed by atoms with Crippen LogP contribution in [0, 0.1) is 0 Å². The quantitative estimate of drug-likeness (QED) is 0.479. The maximum atomic E-state index is 9.70. The molecule has 1 unspecified atom stereocenters. The number of aliphatic imine (C=N–C) groups is 1. The minimum absolute atomic E-state index is 0.00922. The molecule has 1 aromatic heterocycles. The zero-order valence-electron chi connectivity index (χ0n) is 16.8. The number of thiazole rings is 1. The first-order valence-corrected chi connectivity index (χ1v) is 10.4. The molecule has 3 N–H and O–H groups in total. The van der Waals surface area contributed by atoms with Crippen molar-refractivity contribution in [1.29, 1.82) is 0 Å². The highest BCUT2D eigenvalue weighted by Crippen LogP contribution is 2.23. The lowest BCUT2D eigenvalue weighted by Crippen LogP contribution is -2.38. The topological polar surface area (TPSA) is 69.5 Å². The van der Waals surface area contributed by atoms with E-state index in [9.17, 15) is 5.11 Å². The summed E-state index contributed by atoms with van der Waals surface area (Å²) in [5.41, 5.74) is 2.35. The van der Waals surface area contributed by atoms with Crippen LogP contribution >= 0.6 is 11.3 Å². The van der Waals surface area contributed by atoms with E-state index in [1.54, 1.807) is 11.3 Å². The van der Waals surface area contributed by atoms with Crippen LogP contribution < -0.4 is 10.6 Å². The van der Waals surface area contributed by atoms with Gasteiger partial charge in [0.25, 0.3) is 0 Å². The van der Waals surface area contributed by atoms with Crippen molar-refractivity contribution in [2.75, 3.05) is 26.2 Å². The molecule has 0 aliphatic carbocycles. The van der Waals surface area contributed by atoms with Crippen LogP contribution in [0.15, 0.2) is 40.7 Å². The summed E-state index contributed by atoms with van der Waals surface area (Å²) in [5.74, 6) is 0.787. The smallest absolute Gasteiger partial charge is 0.191 e. The van der Waals surface area contributed by atoms with E-state index in [1.807, 2.05) is 37.3 Å². The van der Waals surface area contributed by atoms with Crippen molar-refractivity contribution in [2.24, 2.45) is 4.99 Å². The maximum Gasteiger partial charge on any atom is 0.191 e. The Hall–Kier alpha value is -1.92. The van der Waals surface area contributed by atoms with Crippen LogP contribution in [-0.2, 0) is 11.8 Å². The van der Waals surface area contributed by atoms with Crippen LogP contribution in [0.1, 0.15) is 49.9 Å². The number of hydrogen-bond acceptors (Lipinski definition) is 4. The van der Waals surface area contributed by atoms with Gasteiger partial charge in [0.1, 0.15) is 0 Å². The fraction of sp³-hybridized carbons (Fsp3) is 0.524. The summed E-state index contributed by atoms with van der Waals surface area (Å²) in [7, 11) is 0. The molecule has 148 valence electrons. The predicted octanol–water partition coefficient (Wildman–Crippen LogP) is 3.31. The molecule has 0 aliphatic rings. The first-order valence-electron chi connectivity index (χ1n) is 9.57. The summed E-state index contributed by atoms with van der Waals surface area (Å²) >= 11 is 1.72. The Labute approximate surface area is 167 Å². The van der Waals surface area contributed by atoms with Crippen LogP contribution in [0.4, 0.5) is 0 Å². The molecule has 0 bridgehead atoms. The van der Waals surface area contributed by atoms with E-state index in [-0.39, 0.29) is 17.9 Å². The number of rotatable bonds is 8. The van der Waals surface area contributed by atoms with Crippen molar-refractivity contribution in [3.63, 3.8) is 0 Å². The van der Waals surface area contributed by atoms with E-state index in [1.165, 1.54) is 0 Å². The molecular weight excluding hydrogens is 356 g/mol. The largest absolute Gasteiger partial charge is 0.396 e. The normalized spacial score (nSPS) is 13.4. The lowest BCUT2D eigenvalue weighted by Gasteiger charge is -2.15. The average molecular weight is 389 g/mol. The van der Waals surface area contributed by atoms with Crippen molar-refractivity contribution in [1.82, 2.24) is 15.6 Å². The Morgan fingerprint density at radius 2 is 1.96 bits per heavy atom. The van der Waals surface area contributed by atoms with Crippen LogP contribution in [0.25, 0.3) is 0 Å². The van der Waals surface area contributed by atoms with Gasteiger partial charge in [0.15, 0.2) is 5.96 Å². The number of aliphatic hydroxyl groups excluding tert-OH is 1. The molecule has 0 spiro atoms. The second-order valence-electron chi connectivity index (χ2n) is 7.56. The second kappa shape index (κ2) is 10.4. The van der Waals surface area contributed by atoms with E-state index >= 15 is 0 Å². The van der Waals surface area contributed by atoms with Gasteiger partial charge in [-0.1, -0.05) is 51.1 Å². The van der Waals surface area contributed by atoms with Gasteiger partial charge in [-0.05, 0) is 12.5 Å². The third-order valence-corrected chi connectivity index (χ3v) is 5.17. The zero-order valence-corrected chi connectivity index (χ0v) is 17.6. The van der Waals surface area contributed by atoms with Crippen LogP contribution in [-0.4, -0.2) is 42.3 Å². The standard InChI is InChI=1S/C21H32N4OS/c1-5-22-20(24-13-17(14-26)16-9-7-6-8-10-16)23-12-11-19-25-18(15-27-19)21(2,3)4/h6-10,15,17,26H,5,11-14H2,1-4H3,(H2,22,23,24). The minimum atomic E-state index is 0.00922. The summed E-state index contributed by atoms with van der Waals surface area (Å²) in [6.45, 7) is 10.8. The SMILES string of the molecule is CCNC(=NCC(CO)c1ccccc1)NCCc1nc(C(C)(C)C)cs1. The summed E-state index contributed by atoms with van der Waals surface area (Å²) in [5, 5.41) is 19.6. The molecule has 5 nitrogen and oxygen atoms in total. The first kappa shape index (κ1) is 21.4. The third-order valence-electron chi connectivity index (χ3n) is 4.26. The first-order chi connectivity index (χ1) is 12.9. The number of aliphatic hydroxyl groups is 1. The number of benzene rings is 1.